The van der Waals surface area contributed by atoms with E-state index in [4.69, 9.17) is 0 Å². The van der Waals surface area contributed by atoms with Crippen LogP contribution in [0, 0.1) is 6.92 Å². The van der Waals surface area contributed by atoms with Gasteiger partial charge in [-0.1, -0.05) is 0 Å². The van der Waals surface area contributed by atoms with E-state index in [1.54, 1.807) is 0 Å². The van der Waals surface area contributed by atoms with Crippen LogP contribution in [-0.4, -0.2) is 48.0 Å². The quantitative estimate of drug-likeness (QED) is 0.794. The standard InChI is InChI=1S/C15H23N7O2S/c1-11-7-14(16-2)19-15(18-11)21-5-4-6-22-13(10-21)8-12(20-22)9-17-25(3,23)24/h7-8,17H,4-6,9-10H2,1-3H3,(H,16,18,19). The summed E-state index contributed by atoms with van der Waals surface area (Å²) in [7, 11) is -1.40. The van der Waals surface area contributed by atoms with Crippen molar-refractivity contribution in [1.82, 2.24) is 24.5 Å². The van der Waals surface area contributed by atoms with Crippen LogP contribution in [-0.2, 0) is 29.7 Å². The van der Waals surface area contributed by atoms with Gasteiger partial charge in [-0.25, -0.2) is 18.1 Å². The summed E-state index contributed by atoms with van der Waals surface area (Å²) in [6.45, 7) is 4.41. The lowest BCUT2D eigenvalue weighted by Crippen LogP contribution is -2.25. The van der Waals surface area contributed by atoms with Crippen molar-refractivity contribution in [3.8, 4) is 0 Å². The zero-order valence-corrected chi connectivity index (χ0v) is 15.5. The SMILES string of the molecule is CNc1cc(C)nc(N2CCCn3nc(CNS(C)(=O)=O)cc3C2)n1. The van der Waals surface area contributed by atoms with Gasteiger partial charge >= 0.3 is 0 Å². The van der Waals surface area contributed by atoms with Gasteiger partial charge in [0.25, 0.3) is 0 Å². The van der Waals surface area contributed by atoms with Crippen molar-refractivity contribution in [2.24, 2.45) is 0 Å². The van der Waals surface area contributed by atoms with E-state index in [1.807, 2.05) is 30.8 Å². The summed E-state index contributed by atoms with van der Waals surface area (Å²) in [5.41, 5.74) is 2.65. The molecule has 0 amide bonds. The molecule has 1 aliphatic heterocycles. The van der Waals surface area contributed by atoms with Crippen LogP contribution in [0.25, 0.3) is 0 Å². The van der Waals surface area contributed by atoms with Gasteiger partial charge < -0.3 is 10.2 Å². The van der Waals surface area contributed by atoms with Gasteiger partial charge in [0.15, 0.2) is 0 Å². The van der Waals surface area contributed by atoms with Crippen molar-refractivity contribution in [2.45, 2.75) is 33.0 Å². The van der Waals surface area contributed by atoms with Crippen LogP contribution < -0.4 is 14.9 Å². The number of anilines is 2. The minimum Gasteiger partial charge on any atom is -0.373 e. The van der Waals surface area contributed by atoms with Gasteiger partial charge in [-0.15, -0.1) is 0 Å². The second kappa shape index (κ2) is 6.96. The fraction of sp³-hybridized carbons (Fsp3) is 0.533. The van der Waals surface area contributed by atoms with Crippen molar-refractivity contribution in [3.63, 3.8) is 0 Å². The van der Waals surface area contributed by atoms with E-state index < -0.39 is 10.0 Å². The van der Waals surface area contributed by atoms with Gasteiger partial charge in [-0.05, 0) is 19.4 Å². The van der Waals surface area contributed by atoms with E-state index >= 15 is 0 Å². The van der Waals surface area contributed by atoms with Gasteiger partial charge in [0.2, 0.25) is 16.0 Å². The number of nitrogens with one attached hydrogen (secondary N) is 2. The monoisotopic (exact) mass is 365 g/mol. The van der Waals surface area contributed by atoms with Gasteiger partial charge in [-0.2, -0.15) is 10.1 Å². The zero-order valence-electron chi connectivity index (χ0n) is 14.7. The molecule has 2 aromatic rings. The Morgan fingerprint density at radius 2 is 2.04 bits per heavy atom. The molecule has 3 rings (SSSR count). The Labute approximate surface area is 147 Å². The molecule has 0 unspecified atom stereocenters. The number of aryl methyl sites for hydroxylation is 2. The molecule has 3 heterocycles. The van der Waals surface area contributed by atoms with Gasteiger partial charge in [-0.3, -0.25) is 4.68 Å². The highest BCUT2D eigenvalue weighted by Crippen LogP contribution is 2.20. The number of hydrogen-bond acceptors (Lipinski definition) is 7. The van der Waals surface area contributed by atoms with Crippen LogP contribution in [0.5, 0.6) is 0 Å². The Bertz CT molecular complexity index is 863. The van der Waals surface area contributed by atoms with Crippen molar-refractivity contribution in [2.75, 3.05) is 30.1 Å². The topological polar surface area (TPSA) is 105 Å². The minimum absolute atomic E-state index is 0.198. The largest absolute Gasteiger partial charge is 0.373 e. The maximum absolute atomic E-state index is 11.3. The fourth-order valence-corrected chi connectivity index (χ4v) is 3.22. The minimum atomic E-state index is -3.23. The fourth-order valence-electron chi connectivity index (χ4n) is 2.81. The lowest BCUT2D eigenvalue weighted by molar-refractivity contribution is 0.573. The van der Waals surface area contributed by atoms with Crippen molar-refractivity contribution in [3.05, 3.63) is 29.2 Å². The molecule has 0 bridgehead atoms. The van der Waals surface area contributed by atoms with E-state index in [0.717, 1.165) is 43.0 Å². The number of aromatic nitrogens is 4. The van der Waals surface area contributed by atoms with E-state index in [0.29, 0.717) is 18.2 Å². The average molecular weight is 365 g/mol. The summed E-state index contributed by atoms with van der Waals surface area (Å²) < 4.78 is 26.9. The first kappa shape index (κ1) is 17.6. The van der Waals surface area contributed by atoms with Gasteiger partial charge in [0, 0.05) is 31.9 Å². The number of nitrogens with zero attached hydrogens (tertiary/aromatic N) is 5. The highest BCUT2D eigenvalue weighted by molar-refractivity contribution is 7.88. The molecular weight excluding hydrogens is 342 g/mol. The summed E-state index contributed by atoms with van der Waals surface area (Å²) in [6, 6.07) is 3.84. The first-order chi connectivity index (χ1) is 11.8. The van der Waals surface area contributed by atoms with Crippen molar-refractivity contribution < 1.29 is 8.42 Å². The van der Waals surface area contributed by atoms with E-state index in [1.165, 1.54) is 0 Å². The van der Waals surface area contributed by atoms with Crippen molar-refractivity contribution >= 4 is 21.8 Å². The Morgan fingerprint density at radius 3 is 2.76 bits per heavy atom. The lowest BCUT2D eigenvalue weighted by Gasteiger charge is -2.20. The summed E-state index contributed by atoms with van der Waals surface area (Å²) >= 11 is 0. The smallest absolute Gasteiger partial charge is 0.227 e. The number of hydrogen-bond donors (Lipinski definition) is 2. The molecular formula is C15H23N7O2S. The molecule has 9 nitrogen and oxygen atoms in total. The molecule has 0 fully saturated rings. The Hall–Kier alpha value is -2.20. The summed E-state index contributed by atoms with van der Waals surface area (Å²) in [6.07, 6.45) is 2.06. The first-order valence-corrected chi connectivity index (χ1v) is 10.0. The summed E-state index contributed by atoms with van der Waals surface area (Å²) in [4.78, 5) is 11.2. The molecule has 0 spiro atoms. The molecule has 0 radical (unpaired) electrons. The van der Waals surface area contributed by atoms with Crippen LogP contribution in [0.1, 0.15) is 23.5 Å². The Balaban J connectivity index is 1.81. The number of fused-ring (bicyclic) bond motifs is 1. The molecule has 0 aliphatic carbocycles. The van der Waals surface area contributed by atoms with E-state index in [2.05, 4.69) is 30.0 Å². The van der Waals surface area contributed by atoms with Crippen LogP contribution in [0.15, 0.2) is 12.1 Å². The predicted octanol–water partition coefficient (Wildman–Crippen LogP) is 0.483. The highest BCUT2D eigenvalue weighted by atomic mass is 32.2. The molecule has 25 heavy (non-hydrogen) atoms. The van der Waals surface area contributed by atoms with Gasteiger partial charge in [0.05, 0.1) is 30.7 Å². The molecule has 1 aliphatic rings. The number of rotatable bonds is 5. The normalized spacial score (nSPS) is 14.9. The Morgan fingerprint density at radius 1 is 1.24 bits per heavy atom. The molecule has 2 N–H and O–H groups in total. The molecule has 0 saturated heterocycles. The summed E-state index contributed by atoms with van der Waals surface area (Å²) in [5, 5.41) is 7.56. The van der Waals surface area contributed by atoms with Gasteiger partial charge in [0.1, 0.15) is 5.82 Å². The molecule has 136 valence electrons. The second-order valence-corrected chi connectivity index (χ2v) is 8.00. The van der Waals surface area contributed by atoms with E-state index in [9.17, 15) is 8.42 Å². The predicted molar refractivity (Wildman–Crippen MR) is 95.9 cm³/mol. The van der Waals surface area contributed by atoms with Crippen LogP contribution in [0.4, 0.5) is 11.8 Å². The molecule has 0 atom stereocenters. The lowest BCUT2D eigenvalue weighted by atomic mass is 10.3. The van der Waals surface area contributed by atoms with Crippen LogP contribution in [0.2, 0.25) is 0 Å². The third-order valence-electron chi connectivity index (χ3n) is 3.96. The van der Waals surface area contributed by atoms with Crippen LogP contribution >= 0.6 is 0 Å². The van der Waals surface area contributed by atoms with E-state index in [-0.39, 0.29) is 6.54 Å². The zero-order chi connectivity index (χ0) is 18.0. The Kier molecular flexibility index (Phi) is 4.91. The maximum atomic E-state index is 11.3. The number of sulfonamides is 1. The second-order valence-electron chi connectivity index (χ2n) is 6.16. The third-order valence-corrected chi connectivity index (χ3v) is 4.63. The van der Waals surface area contributed by atoms with Crippen LogP contribution in [0.3, 0.4) is 0 Å². The summed E-state index contributed by atoms with van der Waals surface area (Å²) in [5.74, 6) is 1.48. The van der Waals surface area contributed by atoms with Crippen molar-refractivity contribution in [1.29, 1.82) is 0 Å². The average Bonchev–Trinajstić information content (AvgIpc) is 2.82. The third kappa shape index (κ3) is 4.45. The molecule has 0 aromatic carbocycles. The first-order valence-electron chi connectivity index (χ1n) is 8.12. The molecule has 10 heteroatoms. The molecule has 2 aromatic heterocycles. The maximum Gasteiger partial charge on any atom is 0.227 e. The highest BCUT2D eigenvalue weighted by Gasteiger charge is 2.19. The molecule has 0 saturated carbocycles.